The molecule has 202 valence electrons. The number of anilines is 4. The minimum Gasteiger partial charge on any atom is -0.499 e. The average molecular weight is 561 g/mol. The number of alkyl halides is 1. The van der Waals surface area contributed by atoms with Crippen LogP contribution in [0.25, 0.3) is 0 Å². The predicted molar refractivity (Wildman–Crippen MR) is 150 cm³/mol. The molecule has 1 aliphatic carbocycles. The van der Waals surface area contributed by atoms with Crippen LogP contribution >= 0.6 is 23.2 Å². The van der Waals surface area contributed by atoms with E-state index in [4.69, 9.17) is 32.7 Å². The minimum atomic E-state index is -1.06. The molecule has 3 amide bonds. The highest BCUT2D eigenvalue weighted by atomic mass is 35.5. The van der Waals surface area contributed by atoms with Crippen LogP contribution in [0.1, 0.15) is 18.9 Å². The smallest absolute Gasteiger partial charge is 0.323 e. The number of carbonyl (C=O) groups excluding carboxylic acids is 2. The van der Waals surface area contributed by atoms with E-state index in [1.165, 1.54) is 31.5 Å². The van der Waals surface area contributed by atoms with Crippen LogP contribution < -0.4 is 20.9 Å². The van der Waals surface area contributed by atoms with Gasteiger partial charge in [0.1, 0.15) is 29.5 Å². The van der Waals surface area contributed by atoms with Crippen molar-refractivity contribution in [3.05, 3.63) is 71.4 Å². The first-order valence-electron chi connectivity index (χ1n) is 11.5. The summed E-state index contributed by atoms with van der Waals surface area (Å²) >= 11 is 13.2. The van der Waals surface area contributed by atoms with E-state index in [1.807, 2.05) is 19.1 Å². The molecule has 0 bridgehead atoms. The van der Waals surface area contributed by atoms with Gasteiger partial charge in [0, 0.05) is 19.2 Å². The van der Waals surface area contributed by atoms with Gasteiger partial charge in [-0.1, -0.05) is 30.3 Å². The summed E-state index contributed by atoms with van der Waals surface area (Å²) in [6.45, 7) is 7.13. The summed E-state index contributed by atoms with van der Waals surface area (Å²) in [7, 11) is 4.55. The number of amides is 3. The standard InChI is InChI=1S/C26H30Cl2N6O4/c1-7-22(35)31-17-10-8-9-15(2)23(17)32-20-12-21(30-14-29-20)34(4)25(36)33-26(3)13-16(27)18(37-5)11-19(38-6)24(26)28/h7-12,14,16H,1,13H2,2-6H3,(H,31,35)(H,33,36)(H,29,30,32). The predicted octanol–water partition coefficient (Wildman–Crippen LogP) is 5.20. The molecule has 12 heteroatoms. The van der Waals surface area contributed by atoms with Gasteiger partial charge in [0.25, 0.3) is 0 Å². The molecule has 0 aliphatic heterocycles. The molecule has 0 fully saturated rings. The molecule has 0 saturated heterocycles. The van der Waals surface area contributed by atoms with Crippen molar-refractivity contribution in [1.29, 1.82) is 0 Å². The molecular formula is C26H30Cl2N6O4. The third-order valence-electron chi connectivity index (χ3n) is 5.98. The van der Waals surface area contributed by atoms with Gasteiger partial charge < -0.3 is 25.4 Å². The highest BCUT2D eigenvalue weighted by Gasteiger charge is 2.39. The second kappa shape index (κ2) is 12.2. The Labute approximate surface area is 231 Å². The molecule has 0 spiro atoms. The van der Waals surface area contributed by atoms with Crippen molar-refractivity contribution in [2.24, 2.45) is 0 Å². The topological polar surface area (TPSA) is 118 Å². The van der Waals surface area contributed by atoms with Crippen molar-refractivity contribution in [3.63, 3.8) is 0 Å². The van der Waals surface area contributed by atoms with Crippen molar-refractivity contribution in [3.8, 4) is 0 Å². The summed E-state index contributed by atoms with van der Waals surface area (Å²) < 4.78 is 10.8. The maximum Gasteiger partial charge on any atom is 0.323 e. The summed E-state index contributed by atoms with van der Waals surface area (Å²) in [4.78, 5) is 35.0. The van der Waals surface area contributed by atoms with Crippen LogP contribution in [-0.4, -0.2) is 54.1 Å². The fourth-order valence-corrected chi connectivity index (χ4v) is 4.53. The summed E-state index contributed by atoms with van der Waals surface area (Å²) in [6, 6.07) is 6.59. The Morgan fingerprint density at radius 2 is 2.00 bits per heavy atom. The number of methoxy groups -OCH3 is 2. The average Bonchev–Trinajstić information content (AvgIpc) is 2.98. The molecule has 38 heavy (non-hydrogen) atoms. The molecule has 2 atom stereocenters. The zero-order chi connectivity index (χ0) is 28.0. The summed E-state index contributed by atoms with van der Waals surface area (Å²) in [6.07, 6.45) is 4.38. The van der Waals surface area contributed by atoms with E-state index in [0.29, 0.717) is 34.5 Å². The SMILES string of the molecule is C=CC(=O)Nc1cccc(C)c1Nc1cc(N(C)C(=O)NC2(C)CC(Cl)C(OC)=CC(OC)=C2Cl)ncn1. The van der Waals surface area contributed by atoms with Gasteiger partial charge in [-0.15, -0.1) is 11.6 Å². The number of allylic oxidation sites excluding steroid dienone is 2. The largest absolute Gasteiger partial charge is 0.499 e. The van der Waals surface area contributed by atoms with Gasteiger partial charge in [-0.05, 0) is 38.0 Å². The van der Waals surface area contributed by atoms with E-state index >= 15 is 0 Å². The lowest BCUT2D eigenvalue weighted by Gasteiger charge is -2.33. The van der Waals surface area contributed by atoms with Crippen molar-refractivity contribution >= 4 is 58.2 Å². The van der Waals surface area contributed by atoms with Crippen LogP contribution in [0.15, 0.2) is 65.9 Å². The number of hydrogen-bond donors (Lipinski definition) is 3. The van der Waals surface area contributed by atoms with E-state index in [-0.39, 0.29) is 17.4 Å². The lowest BCUT2D eigenvalue weighted by Crippen LogP contribution is -2.52. The molecule has 3 N–H and O–H groups in total. The molecule has 0 saturated carbocycles. The Morgan fingerprint density at radius 3 is 2.66 bits per heavy atom. The van der Waals surface area contributed by atoms with Crippen LogP contribution in [0.4, 0.5) is 27.8 Å². The van der Waals surface area contributed by atoms with Crippen molar-refractivity contribution in [2.45, 2.75) is 31.2 Å². The molecule has 2 unspecified atom stereocenters. The highest BCUT2D eigenvalue weighted by Crippen LogP contribution is 2.37. The highest BCUT2D eigenvalue weighted by molar-refractivity contribution is 6.31. The first-order valence-corrected chi connectivity index (χ1v) is 12.4. The van der Waals surface area contributed by atoms with Gasteiger partial charge in [0.15, 0.2) is 0 Å². The fraction of sp³-hybridized carbons (Fsp3) is 0.308. The summed E-state index contributed by atoms with van der Waals surface area (Å²) in [5.41, 5.74) is 1.01. The number of ether oxygens (including phenoxy) is 2. The quantitative estimate of drug-likeness (QED) is 0.300. The Balaban J connectivity index is 1.84. The Hall–Kier alpha value is -3.76. The molecule has 10 nitrogen and oxygen atoms in total. The van der Waals surface area contributed by atoms with E-state index < -0.39 is 16.9 Å². The Morgan fingerprint density at radius 1 is 1.26 bits per heavy atom. The van der Waals surface area contributed by atoms with E-state index in [9.17, 15) is 9.59 Å². The van der Waals surface area contributed by atoms with Crippen LogP contribution in [0.3, 0.4) is 0 Å². The Bertz CT molecular complexity index is 1300. The van der Waals surface area contributed by atoms with E-state index in [1.54, 1.807) is 32.2 Å². The van der Waals surface area contributed by atoms with Gasteiger partial charge in [0.05, 0.1) is 41.5 Å². The molecule has 2 aromatic rings. The summed E-state index contributed by atoms with van der Waals surface area (Å²) in [5, 5.41) is 8.63. The number of rotatable bonds is 8. The number of para-hydroxylation sites is 1. The van der Waals surface area contributed by atoms with E-state index in [2.05, 4.69) is 32.5 Å². The second-order valence-electron chi connectivity index (χ2n) is 8.70. The maximum absolute atomic E-state index is 13.3. The van der Waals surface area contributed by atoms with Gasteiger partial charge in [0.2, 0.25) is 5.91 Å². The summed E-state index contributed by atoms with van der Waals surface area (Å²) in [5.74, 6) is 1.19. The lowest BCUT2D eigenvalue weighted by atomic mass is 9.95. The zero-order valence-electron chi connectivity index (χ0n) is 21.8. The van der Waals surface area contributed by atoms with Crippen LogP contribution in [-0.2, 0) is 14.3 Å². The van der Waals surface area contributed by atoms with Crippen LogP contribution in [0.2, 0.25) is 0 Å². The number of urea groups is 1. The molecule has 1 aliphatic rings. The van der Waals surface area contributed by atoms with E-state index in [0.717, 1.165) is 5.56 Å². The van der Waals surface area contributed by atoms with Crippen molar-refractivity contribution in [1.82, 2.24) is 15.3 Å². The molecule has 1 heterocycles. The number of nitrogens with one attached hydrogen (secondary N) is 3. The molecular weight excluding hydrogens is 531 g/mol. The number of hydrogen-bond acceptors (Lipinski definition) is 7. The first-order chi connectivity index (χ1) is 18.0. The number of aryl methyl sites for hydroxylation is 1. The third kappa shape index (κ3) is 6.38. The number of carbonyl (C=O) groups is 2. The van der Waals surface area contributed by atoms with Gasteiger partial charge in [-0.2, -0.15) is 0 Å². The van der Waals surface area contributed by atoms with Gasteiger partial charge in [-0.3, -0.25) is 9.69 Å². The first kappa shape index (κ1) is 28.8. The molecule has 3 rings (SSSR count). The lowest BCUT2D eigenvalue weighted by molar-refractivity contribution is -0.111. The molecule has 1 aromatic heterocycles. The minimum absolute atomic E-state index is 0.253. The zero-order valence-corrected chi connectivity index (χ0v) is 23.3. The third-order valence-corrected chi connectivity index (χ3v) is 6.95. The Kier molecular flexibility index (Phi) is 9.24. The number of halogens is 2. The van der Waals surface area contributed by atoms with Gasteiger partial charge in [-0.25, -0.2) is 14.8 Å². The molecule has 0 radical (unpaired) electrons. The van der Waals surface area contributed by atoms with Crippen LogP contribution in [0.5, 0.6) is 0 Å². The van der Waals surface area contributed by atoms with Crippen LogP contribution in [0, 0.1) is 6.92 Å². The maximum atomic E-state index is 13.3. The normalized spacial score (nSPS) is 19.0. The number of benzene rings is 1. The number of aromatic nitrogens is 2. The second-order valence-corrected chi connectivity index (χ2v) is 9.61. The van der Waals surface area contributed by atoms with Crippen molar-refractivity contribution in [2.75, 3.05) is 36.8 Å². The monoisotopic (exact) mass is 560 g/mol. The van der Waals surface area contributed by atoms with Gasteiger partial charge >= 0.3 is 6.03 Å². The molecule has 1 aromatic carbocycles. The van der Waals surface area contributed by atoms with Crippen molar-refractivity contribution < 1.29 is 19.1 Å². The fourth-order valence-electron chi connectivity index (χ4n) is 3.82. The number of nitrogens with zero attached hydrogens (tertiary/aromatic N) is 3.